The molecule has 1 fully saturated rings. The summed E-state index contributed by atoms with van der Waals surface area (Å²) in [6.07, 6.45) is 4.01. The first-order chi connectivity index (χ1) is 8.38. The van der Waals surface area contributed by atoms with Gasteiger partial charge in [-0.05, 0) is 31.3 Å². The molecule has 1 aromatic heterocycles. The van der Waals surface area contributed by atoms with Crippen LogP contribution in [-0.2, 0) is 9.22 Å². The van der Waals surface area contributed by atoms with Crippen molar-refractivity contribution < 1.29 is 9.22 Å². The standard InChI is InChI=1S/C13H20N2O2Si/c1-15-11(10-6-5-7-14-9-10)8-12(13(15)16)17-18(2,3)4/h5-7,9,11-12H,8H2,1-4H3. The van der Waals surface area contributed by atoms with E-state index in [0.717, 1.165) is 12.0 Å². The number of pyridine rings is 1. The van der Waals surface area contributed by atoms with Crippen LogP contribution in [-0.4, -0.2) is 37.3 Å². The number of rotatable bonds is 3. The van der Waals surface area contributed by atoms with E-state index in [9.17, 15) is 4.79 Å². The number of carbonyl (C=O) groups is 1. The van der Waals surface area contributed by atoms with Crippen molar-refractivity contribution in [3.63, 3.8) is 0 Å². The summed E-state index contributed by atoms with van der Waals surface area (Å²) in [7, 11) is 0.154. The third-order valence-electron chi connectivity index (χ3n) is 3.09. The molecule has 2 heterocycles. The first-order valence-electron chi connectivity index (χ1n) is 6.23. The van der Waals surface area contributed by atoms with E-state index in [1.165, 1.54) is 0 Å². The van der Waals surface area contributed by atoms with Gasteiger partial charge in [-0.25, -0.2) is 0 Å². The second-order valence-corrected chi connectivity index (χ2v) is 10.2. The summed E-state index contributed by atoms with van der Waals surface area (Å²) in [6, 6.07) is 4.01. The molecule has 0 N–H and O–H groups in total. The largest absolute Gasteiger partial charge is 0.406 e. The van der Waals surface area contributed by atoms with Gasteiger partial charge in [-0.2, -0.15) is 0 Å². The number of likely N-dealkylation sites (N-methyl/N-ethyl adjacent to an activating group) is 1. The Bertz CT molecular complexity index is 430. The quantitative estimate of drug-likeness (QED) is 0.786. The molecule has 1 aliphatic rings. The van der Waals surface area contributed by atoms with Crippen LogP contribution in [0.3, 0.4) is 0 Å². The third-order valence-corrected chi connectivity index (χ3v) is 4.08. The average Bonchev–Trinajstić information content (AvgIpc) is 2.57. The smallest absolute Gasteiger partial charge is 0.250 e. The van der Waals surface area contributed by atoms with Crippen molar-refractivity contribution in [1.82, 2.24) is 9.88 Å². The number of carbonyl (C=O) groups excluding carboxylic acids is 1. The van der Waals surface area contributed by atoms with Gasteiger partial charge in [0.25, 0.3) is 5.91 Å². The molecule has 0 aromatic carbocycles. The van der Waals surface area contributed by atoms with Gasteiger partial charge in [0.05, 0.1) is 6.04 Å². The Kier molecular flexibility index (Phi) is 3.54. The summed E-state index contributed by atoms with van der Waals surface area (Å²) >= 11 is 0. The van der Waals surface area contributed by atoms with Gasteiger partial charge in [0.15, 0.2) is 8.32 Å². The van der Waals surface area contributed by atoms with E-state index in [2.05, 4.69) is 24.6 Å². The predicted molar refractivity (Wildman–Crippen MR) is 72.6 cm³/mol. The third kappa shape index (κ3) is 2.79. The molecule has 1 aliphatic heterocycles. The highest BCUT2D eigenvalue weighted by Gasteiger charge is 2.40. The molecule has 18 heavy (non-hydrogen) atoms. The zero-order valence-electron chi connectivity index (χ0n) is 11.4. The van der Waals surface area contributed by atoms with Gasteiger partial charge in [-0.1, -0.05) is 6.07 Å². The number of likely N-dealkylation sites (tertiary alicyclic amines) is 1. The van der Waals surface area contributed by atoms with Crippen molar-refractivity contribution in [2.24, 2.45) is 0 Å². The fraction of sp³-hybridized carbons (Fsp3) is 0.538. The lowest BCUT2D eigenvalue weighted by atomic mass is 10.1. The van der Waals surface area contributed by atoms with Crippen molar-refractivity contribution in [2.45, 2.75) is 38.2 Å². The van der Waals surface area contributed by atoms with E-state index in [4.69, 9.17) is 4.43 Å². The fourth-order valence-electron chi connectivity index (χ4n) is 2.30. The zero-order chi connectivity index (χ0) is 13.3. The van der Waals surface area contributed by atoms with Crippen LogP contribution in [0, 0.1) is 0 Å². The van der Waals surface area contributed by atoms with E-state index in [0.29, 0.717) is 0 Å². The molecule has 0 saturated carbocycles. The number of hydrogen-bond acceptors (Lipinski definition) is 3. The maximum atomic E-state index is 12.2. The SMILES string of the molecule is CN1C(=O)C(O[Si](C)(C)C)CC1c1cccnc1. The van der Waals surface area contributed by atoms with Gasteiger partial charge < -0.3 is 9.33 Å². The lowest BCUT2D eigenvalue weighted by Crippen LogP contribution is -2.36. The number of aromatic nitrogens is 1. The van der Waals surface area contributed by atoms with E-state index in [1.54, 1.807) is 11.1 Å². The van der Waals surface area contributed by atoms with Crippen molar-refractivity contribution in [2.75, 3.05) is 7.05 Å². The summed E-state index contributed by atoms with van der Waals surface area (Å²) in [5, 5.41) is 0. The number of hydrogen-bond donors (Lipinski definition) is 0. The first kappa shape index (κ1) is 13.2. The van der Waals surface area contributed by atoms with Crippen molar-refractivity contribution in [3.8, 4) is 0 Å². The molecule has 0 spiro atoms. The van der Waals surface area contributed by atoms with Crippen molar-refractivity contribution in [1.29, 1.82) is 0 Å². The Morgan fingerprint density at radius 3 is 2.72 bits per heavy atom. The second kappa shape index (κ2) is 4.82. The molecule has 5 heteroatoms. The predicted octanol–water partition coefficient (Wildman–Crippen LogP) is 2.20. The highest BCUT2D eigenvalue weighted by Crippen LogP contribution is 2.33. The van der Waals surface area contributed by atoms with Gasteiger partial charge in [0, 0.05) is 25.9 Å². The maximum Gasteiger partial charge on any atom is 0.250 e. The molecular formula is C13H20N2O2Si. The molecule has 0 bridgehead atoms. The summed E-state index contributed by atoms with van der Waals surface area (Å²) in [5.41, 5.74) is 1.08. The lowest BCUT2D eigenvalue weighted by Gasteiger charge is -2.21. The van der Waals surface area contributed by atoms with E-state index < -0.39 is 8.32 Å². The van der Waals surface area contributed by atoms with Gasteiger partial charge in [0.2, 0.25) is 0 Å². The Morgan fingerprint density at radius 1 is 1.44 bits per heavy atom. The molecule has 2 unspecified atom stereocenters. The Morgan fingerprint density at radius 2 is 2.17 bits per heavy atom. The highest BCUT2D eigenvalue weighted by molar-refractivity contribution is 6.69. The molecule has 2 rings (SSSR count). The molecule has 0 aliphatic carbocycles. The summed E-state index contributed by atoms with van der Waals surface area (Å²) in [5.74, 6) is 0.0891. The lowest BCUT2D eigenvalue weighted by molar-refractivity contribution is -0.133. The topological polar surface area (TPSA) is 42.4 Å². The van der Waals surface area contributed by atoms with E-state index in [-0.39, 0.29) is 18.1 Å². The van der Waals surface area contributed by atoms with Crippen LogP contribution in [0.2, 0.25) is 19.6 Å². The normalized spacial score (nSPS) is 24.7. The second-order valence-electron chi connectivity index (χ2n) is 5.71. The van der Waals surface area contributed by atoms with Crippen LogP contribution in [0.25, 0.3) is 0 Å². The number of nitrogens with zero attached hydrogens (tertiary/aromatic N) is 2. The molecule has 1 amide bonds. The maximum absolute atomic E-state index is 12.2. The average molecular weight is 264 g/mol. The zero-order valence-corrected chi connectivity index (χ0v) is 12.4. The van der Waals surface area contributed by atoms with E-state index >= 15 is 0 Å². The van der Waals surface area contributed by atoms with Gasteiger partial charge in [-0.15, -0.1) is 0 Å². The molecule has 4 nitrogen and oxygen atoms in total. The summed E-state index contributed by atoms with van der Waals surface area (Å²) in [4.78, 5) is 18.1. The van der Waals surface area contributed by atoms with Crippen LogP contribution in [0.1, 0.15) is 18.0 Å². The molecule has 2 atom stereocenters. The molecule has 98 valence electrons. The number of amides is 1. The Labute approximate surface area is 109 Å². The molecule has 1 aromatic rings. The summed E-state index contributed by atoms with van der Waals surface area (Å²) in [6.45, 7) is 6.33. The molecular weight excluding hydrogens is 244 g/mol. The monoisotopic (exact) mass is 264 g/mol. The van der Waals surface area contributed by atoms with Crippen molar-refractivity contribution >= 4 is 14.2 Å². The first-order valence-corrected chi connectivity index (χ1v) is 9.64. The van der Waals surface area contributed by atoms with Crippen LogP contribution in [0.4, 0.5) is 0 Å². The minimum atomic E-state index is -1.69. The van der Waals surface area contributed by atoms with Crippen LogP contribution in [0.15, 0.2) is 24.5 Å². The van der Waals surface area contributed by atoms with Crippen molar-refractivity contribution in [3.05, 3.63) is 30.1 Å². The highest BCUT2D eigenvalue weighted by atomic mass is 28.4. The molecule has 0 radical (unpaired) electrons. The van der Waals surface area contributed by atoms with Gasteiger partial charge >= 0.3 is 0 Å². The minimum absolute atomic E-state index is 0.0891. The summed E-state index contributed by atoms with van der Waals surface area (Å²) < 4.78 is 5.96. The fourth-order valence-corrected chi connectivity index (χ4v) is 3.35. The van der Waals surface area contributed by atoms with Crippen LogP contribution >= 0.6 is 0 Å². The van der Waals surface area contributed by atoms with Gasteiger partial charge in [-0.3, -0.25) is 9.78 Å². The molecule has 1 saturated heterocycles. The Hall–Kier alpha value is -1.20. The Balaban J connectivity index is 2.15. The van der Waals surface area contributed by atoms with E-state index in [1.807, 2.05) is 25.4 Å². The van der Waals surface area contributed by atoms with Crippen LogP contribution in [0.5, 0.6) is 0 Å². The van der Waals surface area contributed by atoms with Crippen LogP contribution < -0.4 is 0 Å². The van der Waals surface area contributed by atoms with Gasteiger partial charge in [0.1, 0.15) is 6.10 Å². The minimum Gasteiger partial charge on any atom is -0.406 e.